The molecule has 1 aliphatic heterocycles. The van der Waals surface area contributed by atoms with Crippen LogP contribution in [-0.4, -0.2) is 19.8 Å². The molecule has 80 valence electrons. The molecule has 0 amide bonds. The summed E-state index contributed by atoms with van der Waals surface area (Å²) >= 11 is 0. The molecule has 14 heavy (non-hydrogen) atoms. The van der Waals surface area contributed by atoms with Crippen LogP contribution >= 0.6 is 0 Å². The third-order valence-electron chi connectivity index (χ3n) is 5.08. The van der Waals surface area contributed by atoms with E-state index in [0.717, 1.165) is 0 Å². The molecule has 0 spiro atoms. The van der Waals surface area contributed by atoms with Crippen molar-refractivity contribution < 1.29 is 4.74 Å². The molecule has 1 nitrogen and oxygen atoms in total. The fourth-order valence-electron chi connectivity index (χ4n) is 4.04. The third-order valence-corrected chi connectivity index (χ3v) is 8.87. The van der Waals surface area contributed by atoms with E-state index in [2.05, 4.69) is 19.6 Å². The molecule has 0 aromatic carbocycles. The zero-order valence-corrected chi connectivity index (χ0v) is 10.7. The standard InChI is InChI=1S/C12H22OSi/c1-14(2,3)11(8-9-11)12-7-5-4-6-10(12)13-12/h10H,4-9H2,1-3H3/t10-,12-/m1/s1. The largest absolute Gasteiger partial charge is 0.366 e. The summed E-state index contributed by atoms with van der Waals surface area (Å²) in [5.74, 6) is 0. The van der Waals surface area contributed by atoms with Crippen LogP contribution in [-0.2, 0) is 4.74 Å². The molecule has 0 aromatic rings. The average Bonchev–Trinajstić information content (AvgIpc) is 2.97. The first-order valence-corrected chi connectivity index (χ1v) is 9.70. The van der Waals surface area contributed by atoms with E-state index in [1.165, 1.54) is 38.5 Å². The molecule has 3 fully saturated rings. The van der Waals surface area contributed by atoms with Crippen molar-refractivity contribution in [1.29, 1.82) is 0 Å². The van der Waals surface area contributed by atoms with Gasteiger partial charge < -0.3 is 4.74 Å². The van der Waals surface area contributed by atoms with Gasteiger partial charge in [-0.15, -0.1) is 0 Å². The maximum atomic E-state index is 6.15. The van der Waals surface area contributed by atoms with Crippen LogP contribution in [0.3, 0.4) is 0 Å². The maximum absolute atomic E-state index is 6.15. The molecular formula is C12H22OSi. The minimum Gasteiger partial charge on any atom is -0.366 e. The Morgan fingerprint density at radius 3 is 2.29 bits per heavy atom. The first kappa shape index (κ1) is 9.41. The van der Waals surface area contributed by atoms with Gasteiger partial charge in [0, 0.05) is 0 Å². The van der Waals surface area contributed by atoms with Crippen molar-refractivity contribution in [2.45, 2.75) is 74.9 Å². The van der Waals surface area contributed by atoms with Crippen molar-refractivity contribution in [2.75, 3.05) is 0 Å². The van der Waals surface area contributed by atoms with Gasteiger partial charge in [0.15, 0.2) is 0 Å². The number of hydrogen-bond acceptors (Lipinski definition) is 1. The molecule has 2 saturated carbocycles. The second kappa shape index (κ2) is 2.46. The topological polar surface area (TPSA) is 12.5 Å². The summed E-state index contributed by atoms with van der Waals surface area (Å²) in [4.78, 5) is 0. The van der Waals surface area contributed by atoms with E-state index in [0.29, 0.717) is 16.7 Å². The highest BCUT2D eigenvalue weighted by Gasteiger charge is 2.76. The summed E-state index contributed by atoms with van der Waals surface area (Å²) in [6, 6.07) is 0. The van der Waals surface area contributed by atoms with E-state index in [1.54, 1.807) is 0 Å². The van der Waals surface area contributed by atoms with E-state index in [9.17, 15) is 0 Å². The molecule has 1 saturated heterocycles. The lowest BCUT2D eigenvalue weighted by molar-refractivity contribution is 0.260. The van der Waals surface area contributed by atoms with Gasteiger partial charge in [-0.3, -0.25) is 0 Å². The van der Waals surface area contributed by atoms with Gasteiger partial charge in [-0.1, -0.05) is 32.5 Å². The van der Waals surface area contributed by atoms with Crippen molar-refractivity contribution in [3.63, 3.8) is 0 Å². The molecule has 0 unspecified atom stereocenters. The quantitative estimate of drug-likeness (QED) is 0.501. The van der Waals surface area contributed by atoms with Gasteiger partial charge in [0.2, 0.25) is 0 Å². The van der Waals surface area contributed by atoms with Crippen LogP contribution in [0.2, 0.25) is 24.7 Å². The molecule has 2 aliphatic carbocycles. The van der Waals surface area contributed by atoms with Crippen molar-refractivity contribution in [3.8, 4) is 0 Å². The second-order valence-corrected chi connectivity index (χ2v) is 12.0. The monoisotopic (exact) mass is 210 g/mol. The number of epoxide rings is 1. The minimum atomic E-state index is -1.02. The third kappa shape index (κ3) is 0.942. The number of hydrogen-bond donors (Lipinski definition) is 0. The summed E-state index contributed by atoms with van der Waals surface area (Å²) in [6.07, 6.45) is 9.18. The molecular weight excluding hydrogens is 188 g/mol. The van der Waals surface area contributed by atoms with Crippen LogP contribution in [0.1, 0.15) is 38.5 Å². The lowest BCUT2D eigenvalue weighted by Crippen LogP contribution is -2.42. The smallest absolute Gasteiger partial charge is 0.0980 e. The van der Waals surface area contributed by atoms with Gasteiger partial charge in [-0.05, 0) is 30.7 Å². The average molecular weight is 210 g/mol. The van der Waals surface area contributed by atoms with Gasteiger partial charge in [-0.25, -0.2) is 0 Å². The van der Waals surface area contributed by atoms with Crippen molar-refractivity contribution >= 4 is 8.07 Å². The van der Waals surface area contributed by atoms with E-state index >= 15 is 0 Å². The molecule has 2 heteroatoms. The first-order chi connectivity index (χ1) is 6.52. The lowest BCUT2D eigenvalue weighted by Gasteiger charge is -2.36. The Bertz CT molecular complexity index is 264. The van der Waals surface area contributed by atoms with Gasteiger partial charge >= 0.3 is 0 Å². The van der Waals surface area contributed by atoms with Crippen molar-refractivity contribution in [2.24, 2.45) is 0 Å². The molecule has 3 rings (SSSR count). The first-order valence-electron chi connectivity index (χ1n) is 6.20. The summed E-state index contributed by atoms with van der Waals surface area (Å²) in [5, 5.41) is 0.686. The van der Waals surface area contributed by atoms with Gasteiger partial charge in [0.25, 0.3) is 0 Å². The Morgan fingerprint density at radius 2 is 1.79 bits per heavy atom. The number of rotatable bonds is 2. The Balaban J connectivity index is 1.89. The molecule has 0 aromatic heterocycles. The highest BCUT2D eigenvalue weighted by molar-refractivity contribution is 6.80. The molecule has 0 bridgehead atoms. The molecule has 3 aliphatic rings. The Morgan fingerprint density at radius 1 is 1.07 bits per heavy atom. The van der Waals surface area contributed by atoms with Gasteiger partial charge in [-0.2, -0.15) is 0 Å². The fourth-order valence-corrected chi connectivity index (χ4v) is 7.28. The van der Waals surface area contributed by atoms with Crippen LogP contribution in [0.25, 0.3) is 0 Å². The van der Waals surface area contributed by atoms with E-state index in [1.807, 2.05) is 0 Å². The summed E-state index contributed by atoms with van der Waals surface area (Å²) in [5.41, 5.74) is 0.399. The molecule has 0 N–H and O–H groups in total. The SMILES string of the molecule is C[Si](C)(C)C1([C@@]23CCCC[C@H]2O3)CC1. The van der Waals surface area contributed by atoms with Crippen molar-refractivity contribution in [3.05, 3.63) is 0 Å². The van der Waals surface area contributed by atoms with Crippen LogP contribution in [0.5, 0.6) is 0 Å². The van der Waals surface area contributed by atoms with E-state index in [-0.39, 0.29) is 0 Å². The summed E-state index contributed by atoms with van der Waals surface area (Å²) in [6.45, 7) is 7.63. The predicted molar refractivity (Wildman–Crippen MR) is 61.3 cm³/mol. The number of fused-ring (bicyclic) bond motifs is 1. The van der Waals surface area contributed by atoms with Crippen LogP contribution < -0.4 is 0 Å². The predicted octanol–water partition coefficient (Wildman–Crippen LogP) is 3.57. The van der Waals surface area contributed by atoms with E-state index < -0.39 is 8.07 Å². The highest BCUT2D eigenvalue weighted by Crippen LogP contribution is 2.77. The normalized spacial score (nSPS) is 44.4. The molecule has 0 radical (unpaired) electrons. The zero-order chi connectivity index (χ0) is 10.0. The van der Waals surface area contributed by atoms with Gasteiger partial charge in [0.1, 0.15) is 0 Å². The molecule has 1 heterocycles. The van der Waals surface area contributed by atoms with Crippen LogP contribution in [0, 0.1) is 0 Å². The summed E-state index contributed by atoms with van der Waals surface area (Å²) in [7, 11) is -1.02. The number of ether oxygens (including phenoxy) is 1. The Hall–Kier alpha value is 0.177. The minimum absolute atomic E-state index is 0.399. The maximum Gasteiger partial charge on any atom is 0.0980 e. The van der Waals surface area contributed by atoms with E-state index in [4.69, 9.17) is 4.74 Å². The highest BCUT2D eigenvalue weighted by atomic mass is 28.3. The summed E-state index contributed by atoms with van der Waals surface area (Å²) < 4.78 is 6.15. The lowest BCUT2D eigenvalue weighted by atomic mass is 9.85. The van der Waals surface area contributed by atoms with Crippen LogP contribution in [0.4, 0.5) is 0 Å². The zero-order valence-electron chi connectivity index (χ0n) is 9.73. The van der Waals surface area contributed by atoms with Crippen molar-refractivity contribution in [1.82, 2.24) is 0 Å². The second-order valence-electron chi connectivity index (χ2n) is 6.57. The Kier molecular flexibility index (Phi) is 1.65. The molecule has 2 atom stereocenters. The Labute approximate surface area is 88.2 Å². The van der Waals surface area contributed by atoms with Gasteiger partial charge in [0.05, 0.1) is 19.8 Å². The van der Waals surface area contributed by atoms with Crippen LogP contribution in [0.15, 0.2) is 0 Å². The fraction of sp³-hybridized carbons (Fsp3) is 1.00.